The summed E-state index contributed by atoms with van der Waals surface area (Å²) in [6.45, 7) is 4.56. The minimum absolute atomic E-state index is 0.00880. The molecular formula is C46H52N10O9S2. The number of rotatable bonds is 19. The van der Waals surface area contributed by atoms with Gasteiger partial charge in [0, 0.05) is 37.3 Å². The van der Waals surface area contributed by atoms with Crippen LogP contribution in [0.1, 0.15) is 43.9 Å². The summed E-state index contributed by atoms with van der Waals surface area (Å²) in [5.74, 6) is 1.74. The highest BCUT2D eigenvalue weighted by molar-refractivity contribution is 7.92. The van der Waals surface area contributed by atoms with Crippen LogP contribution in [0.15, 0.2) is 113 Å². The maximum atomic E-state index is 16.1. The van der Waals surface area contributed by atoms with Gasteiger partial charge in [-0.05, 0) is 108 Å². The molecule has 0 bridgehead atoms. The predicted molar refractivity (Wildman–Crippen MR) is 252 cm³/mol. The first-order valence-electron chi connectivity index (χ1n) is 21.0. The lowest BCUT2D eigenvalue weighted by Crippen LogP contribution is -2.46. The molecule has 2 aromatic heterocycles. The number of nitrogens with zero attached hydrogens (tertiary/aromatic N) is 7. The van der Waals surface area contributed by atoms with E-state index in [1.54, 1.807) is 119 Å². The van der Waals surface area contributed by atoms with E-state index >= 15 is 8.42 Å². The highest BCUT2D eigenvalue weighted by atomic mass is 32.2. The number of hydrogen-bond donors (Lipinski definition) is 4. The van der Waals surface area contributed by atoms with Gasteiger partial charge in [0.1, 0.15) is 27.0 Å². The number of tetrazole rings is 1. The molecule has 19 nitrogen and oxygen atoms in total. The lowest BCUT2D eigenvalue weighted by atomic mass is 9.97. The lowest BCUT2D eigenvalue weighted by molar-refractivity contribution is 0.0998. The number of amides is 1. The number of benzene rings is 5. The Morgan fingerprint density at radius 3 is 1.90 bits per heavy atom. The molecule has 0 radical (unpaired) electrons. The Kier molecular flexibility index (Phi) is 14.2. The summed E-state index contributed by atoms with van der Waals surface area (Å²) in [4.78, 5) is 19.7. The second-order valence-electron chi connectivity index (χ2n) is 16.5. The Labute approximate surface area is 388 Å². The standard InChI is InChI=1S/C46H52N10O9S2/c1-46(2,3)55(45(57)58)26-8-25-48-66(59,60)39-24-23-36(37-9-7-10-38-41(37)50-44(47)49-38)40(43-51-52-53-56(43)29-32-15-21-35(65-6)22-16-32)42(39)67(61,62)54(27-30-11-17-33(63-4)18-12-30)28-31-13-19-34(64-5)20-14-31/h7,9-24,48H,8,25-29H2,1-6H3,(H,57,58)(H3,47,49,50). The number of nitrogen functional groups attached to an aromatic ring is 1. The summed E-state index contributed by atoms with van der Waals surface area (Å²) in [7, 11) is -5.12. The molecule has 352 valence electrons. The molecule has 5 N–H and O–H groups in total. The molecule has 0 saturated carbocycles. The van der Waals surface area contributed by atoms with Crippen molar-refractivity contribution in [3.63, 3.8) is 0 Å². The van der Waals surface area contributed by atoms with Gasteiger partial charge in [-0.15, -0.1) is 5.10 Å². The summed E-state index contributed by atoms with van der Waals surface area (Å²) in [6, 6.07) is 28.8. The molecule has 0 unspecified atom stereocenters. The summed E-state index contributed by atoms with van der Waals surface area (Å²) in [6.07, 6.45) is -1.10. The van der Waals surface area contributed by atoms with E-state index in [1.807, 2.05) is 0 Å². The van der Waals surface area contributed by atoms with E-state index < -0.39 is 41.5 Å². The van der Waals surface area contributed by atoms with Crippen molar-refractivity contribution in [2.24, 2.45) is 0 Å². The number of aromatic nitrogens is 6. The zero-order valence-electron chi connectivity index (χ0n) is 37.8. The van der Waals surface area contributed by atoms with Gasteiger partial charge >= 0.3 is 6.09 Å². The van der Waals surface area contributed by atoms with Crippen molar-refractivity contribution in [2.75, 3.05) is 40.2 Å². The van der Waals surface area contributed by atoms with E-state index in [1.165, 1.54) is 40.2 Å². The van der Waals surface area contributed by atoms with Crippen LogP contribution in [0.2, 0.25) is 0 Å². The Balaban J connectivity index is 1.49. The number of H-pyrrole nitrogens is 1. The summed E-state index contributed by atoms with van der Waals surface area (Å²) in [5, 5.41) is 22.6. The normalized spacial score (nSPS) is 12.1. The molecule has 2 heterocycles. The van der Waals surface area contributed by atoms with E-state index in [-0.39, 0.29) is 62.0 Å². The van der Waals surface area contributed by atoms with Gasteiger partial charge in [-0.2, -0.15) is 4.31 Å². The molecule has 0 aliphatic carbocycles. The van der Waals surface area contributed by atoms with Crippen LogP contribution >= 0.6 is 0 Å². The van der Waals surface area contributed by atoms with Crippen molar-refractivity contribution < 1.29 is 40.9 Å². The first-order valence-corrected chi connectivity index (χ1v) is 23.9. The zero-order chi connectivity index (χ0) is 48.1. The fourth-order valence-electron chi connectivity index (χ4n) is 7.60. The van der Waals surface area contributed by atoms with Crippen LogP contribution < -0.4 is 24.7 Å². The molecule has 21 heteroatoms. The van der Waals surface area contributed by atoms with Crippen LogP contribution in [-0.2, 0) is 39.7 Å². The van der Waals surface area contributed by atoms with Crippen molar-refractivity contribution in [3.05, 3.63) is 120 Å². The summed E-state index contributed by atoms with van der Waals surface area (Å²) < 4.78 is 83.4. The average Bonchev–Trinajstić information content (AvgIpc) is 3.93. The third kappa shape index (κ3) is 10.6. The molecule has 67 heavy (non-hydrogen) atoms. The van der Waals surface area contributed by atoms with E-state index in [0.717, 1.165) is 5.56 Å². The Bertz CT molecular complexity index is 3030. The topological polar surface area (TPSA) is 250 Å². The highest BCUT2D eigenvalue weighted by Crippen LogP contribution is 2.43. The number of sulfonamides is 2. The van der Waals surface area contributed by atoms with Gasteiger partial charge < -0.3 is 34.9 Å². The molecular weight excluding hydrogens is 901 g/mol. The van der Waals surface area contributed by atoms with Crippen molar-refractivity contribution in [1.29, 1.82) is 0 Å². The maximum absolute atomic E-state index is 16.1. The molecule has 0 fully saturated rings. The van der Waals surface area contributed by atoms with Crippen LogP contribution in [-0.4, -0.2) is 107 Å². The number of carboxylic acid groups (broad SMARTS) is 1. The van der Waals surface area contributed by atoms with Crippen molar-refractivity contribution in [1.82, 2.24) is 44.1 Å². The molecule has 1 amide bonds. The van der Waals surface area contributed by atoms with Crippen molar-refractivity contribution in [2.45, 2.75) is 62.2 Å². The third-order valence-corrected chi connectivity index (χ3v) is 14.5. The van der Waals surface area contributed by atoms with E-state index in [9.17, 15) is 18.3 Å². The number of hydrogen-bond acceptors (Lipinski definition) is 13. The maximum Gasteiger partial charge on any atom is 0.407 e. The Morgan fingerprint density at radius 1 is 0.791 bits per heavy atom. The van der Waals surface area contributed by atoms with E-state index in [2.05, 4.69) is 30.2 Å². The predicted octanol–water partition coefficient (Wildman–Crippen LogP) is 6.38. The number of imidazole rings is 1. The molecule has 0 spiro atoms. The highest BCUT2D eigenvalue weighted by Gasteiger charge is 2.38. The van der Waals surface area contributed by atoms with E-state index in [4.69, 9.17) is 19.9 Å². The number of fused-ring (bicyclic) bond motifs is 1. The van der Waals surface area contributed by atoms with Crippen molar-refractivity contribution in [3.8, 4) is 39.8 Å². The van der Waals surface area contributed by atoms with Crippen LogP contribution in [0.3, 0.4) is 0 Å². The average molecular weight is 953 g/mol. The molecule has 7 rings (SSSR count). The van der Waals surface area contributed by atoms with Gasteiger partial charge in [0.25, 0.3) is 0 Å². The largest absolute Gasteiger partial charge is 0.497 e. The van der Waals surface area contributed by atoms with Gasteiger partial charge in [0.15, 0.2) is 11.8 Å². The summed E-state index contributed by atoms with van der Waals surface area (Å²) >= 11 is 0. The number of anilines is 1. The smallest absolute Gasteiger partial charge is 0.407 e. The lowest BCUT2D eigenvalue weighted by Gasteiger charge is -2.33. The van der Waals surface area contributed by atoms with E-state index in [0.29, 0.717) is 45.0 Å². The number of methoxy groups -OCH3 is 3. The van der Waals surface area contributed by atoms with Crippen LogP contribution in [0.25, 0.3) is 33.5 Å². The van der Waals surface area contributed by atoms with Crippen LogP contribution in [0, 0.1) is 0 Å². The second-order valence-corrected chi connectivity index (χ2v) is 20.1. The quantitative estimate of drug-likeness (QED) is 0.0643. The molecule has 0 aliphatic rings. The number of ether oxygens (including phenoxy) is 3. The fourth-order valence-corrected chi connectivity index (χ4v) is 11.1. The first kappa shape index (κ1) is 47.9. The van der Waals surface area contributed by atoms with Gasteiger partial charge in [0.05, 0.1) is 44.5 Å². The Hall–Kier alpha value is -7.07. The Morgan fingerprint density at radius 2 is 1.36 bits per heavy atom. The molecule has 5 aromatic carbocycles. The molecule has 0 aliphatic heterocycles. The number of carbonyl (C=O) groups is 1. The minimum atomic E-state index is -4.96. The first-order chi connectivity index (χ1) is 31.9. The molecule has 0 saturated heterocycles. The SMILES string of the molecule is COc1ccc(CN(Cc2ccc(OC)cc2)S(=O)(=O)c2c(S(=O)(=O)NCCCN(C(=O)O)C(C)(C)C)ccc(-c3cccc4[nH]c(N)nc34)c2-c2nnnn2Cc2ccc(OC)cc2)cc1. The van der Waals surface area contributed by atoms with Gasteiger partial charge in [-0.3, -0.25) is 0 Å². The number of aromatic amines is 1. The van der Waals surface area contributed by atoms with Crippen molar-refractivity contribution >= 4 is 43.1 Å². The summed E-state index contributed by atoms with van der Waals surface area (Å²) in [5.41, 5.74) is 8.68. The number of nitrogens with one attached hydrogen (secondary N) is 2. The molecule has 0 atom stereocenters. The minimum Gasteiger partial charge on any atom is -0.497 e. The second kappa shape index (κ2) is 19.8. The molecule has 7 aromatic rings. The van der Waals surface area contributed by atoms with Gasteiger partial charge in [-0.1, -0.05) is 54.6 Å². The third-order valence-electron chi connectivity index (χ3n) is 11.0. The van der Waals surface area contributed by atoms with Gasteiger partial charge in [0.2, 0.25) is 20.0 Å². The number of para-hydroxylation sites is 1. The van der Waals surface area contributed by atoms with Crippen LogP contribution in [0.4, 0.5) is 10.7 Å². The monoisotopic (exact) mass is 952 g/mol. The zero-order valence-corrected chi connectivity index (χ0v) is 39.4. The van der Waals surface area contributed by atoms with Crippen LogP contribution in [0.5, 0.6) is 17.2 Å². The van der Waals surface area contributed by atoms with Gasteiger partial charge in [-0.25, -0.2) is 36.0 Å². The number of nitrogens with two attached hydrogens (primary N) is 1. The fraction of sp³-hybridized carbons (Fsp3) is 0.283.